The summed E-state index contributed by atoms with van der Waals surface area (Å²) < 4.78 is 0. The summed E-state index contributed by atoms with van der Waals surface area (Å²) in [5.41, 5.74) is 0.959. The first-order valence-corrected chi connectivity index (χ1v) is 8.35. The molecule has 1 heterocycles. The van der Waals surface area contributed by atoms with Crippen LogP contribution in [0, 0.1) is 6.92 Å². The van der Waals surface area contributed by atoms with E-state index in [1.165, 1.54) is 19.3 Å². The molecular weight excluding hydrogens is 284 g/mol. The number of nitrogens with zero attached hydrogens (tertiary/aromatic N) is 3. The Morgan fingerprint density at radius 2 is 2.00 bits per heavy atom. The fourth-order valence-electron chi connectivity index (χ4n) is 2.15. The monoisotopic (exact) mass is 310 g/mol. The lowest BCUT2D eigenvalue weighted by molar-refractivity contribution is 0.269. The van der Waals surface area contributed by atoms with Gasteiger partial charge in [-0.1, -0.05) is 11.6 Å². The topological polar surface area (TPSA) is 41.1 Å². The van der Waals surface area contributed by atoms with Gasteiger partial charge in [0.25, 0.3) is 0 Å². The van der Waals surface area contributed by atoms with Crippen molar-refractivity contribution < 1.29 is 0 Å². The summed E-state index contributed by atoms with van der Waals surface area (Å²) in [4.78, 5) is 11.4. The van der Waals surface area contributed by atoms with Crippen molar-refractivity contribution in [3.05, 3.63) is 16.5 Å². The summed E-state index contributed by atoms with van der Waals surface area (Å²) in [6, 6.07) is 0.613. The molecule has 1 aromatic heterocycles. The van der Waals surface area contributed by atoms with Crippen LogP contribution in [-0.2, 0) is 0 Å². The number of hydrogen-bond acceptors (Lipinski definition) is 4. The van der Waals surface area contributed by atoms with Gasteiger partial charge in [0, 0.05) is 24.1 Å². The number of halogens is 1. The highest BCUT2D eigenvalue weighted by Crippen LogP contribution is 2.39. The lowest BCUT2D eigenvalue weighted by Crippen LogP contribution is -2.27. The highest BCUT2D eigenvalue weighted by atomic mass is 35.5. The van der Waals surface area contributed by atoms with Crippen LogP contribution in [0.15, 0.2) is 0 Å². The molecule has 5 heteroatoms. The quantitative estimate of drug-likeness (QED) is 0.585. The zero-order valence-electron chi connectivity index (χ0n) is 13.6. The van der Waals surface area contributed by atoms with Crippen molar-refractivity contribution in [1.29, 1.82) is 0 Å². The second kappa shape index (κ2) is 7.41. The van der Waals surface area contributed by atoms with E-state index in [0.29, 0.717) is 17.1 Å². The zero-order valence-corrected chi connectivity index (χ0v) is 14.4. The van der Waals surface area contributed by atoms with Crippen molar-refractivity contribution in [2.24, 2.45) is 0 Å². The lowest BCUT2D eigenvalue weighted by atomic mass is 10.2. The molecule has 1 aliphatic carbocycles. The Bertz CT molecular complexity index is 472. The van der Waals surface area contributed by atoms with Gasteiger partial charge < -0.3 is 10.2 Å². The van der Waals surface area contributed by atoms with E-state index in [-0.39, 0.29) is 0 Å². The van der Waals surface area contributed by atoms with Crippen LogP contribution >= 0.6 is 11.6 Å². The number of aromatic nitrogens is 2. The van der Waals surface area contributed by atoms with E-state index in [2.05, 4.69) is 41.1 Å². The fourth-order valence-corrected chi connectivity index (χ4v) is 2.33. The highest BCUT2D eigenvalue weighted by molar-refractivity contribution is 6.30. The van der Waals surface area contributed by atoms with Crippen molar-refractivity contribution in [2.75, 3.05) is 25.5 Å². The predicted molar refractivity (Wildman–Crippen MR) is 89.2 cm³/mol. The van der Waals surface area contributed by atoms with Gasteiger partial charge >= 0.3 is 0 Å². The molecule has 21 heavy (non-hydrogen) atoms. The maximum absolute atomic E-state index is 6.21. The summed E-state index contributed by atoms with van der Waals surface area (Å²) in [7, 11) is 2.17. The third-order valence-corrected chi connectivity index (χ3v) is 4.53. The van der Waals surface area contributed by atoms with Crippen LogP contribution in [0.4, 0.5) is 5.82 Å². The van der Waals surface area contributed by atoms with Crippen LogP contribution < -0.4 is 5.32 Å². The summed E-state index contributed by atoms with van der Waals surface area (Å²) in [5.74, 6) is 2.35. The average molecular weight is 311 g/mol. The number of rotatable bonds is 8. The maximum Gasteiger partial charge on any atom is 0.137 e. The first kappa shape index (κ1) is 16.5. The molecule has 118 valence electrons. The van der Waals surface area contributed by atoms with Gasteiger partial charge in [0.2, 0.25) is 0 Å². The van der Waals surface area contributed by atoms with Crippen molar-refractivity contribution >= 4 is 17.4 Å². The van der Waals surface area contributed by atoms with Crippen molar-refractivity contribution in [3.63, 3.8) is 0 Å². The van der Waals surface area contributed by atoms with Gasteiger partial charge in [-0.05, 0) is 60.0 Å². The highest BCUT2D eigenvalue weighted by Gasteiger charge is 2.27. The number of hydrogen-bond donors (Lipinski definition) is 1. The Hall–Kier alpha value is -0.870. The number of anilines is 1. The summed E-state index contributed by atoms with van der Waals surface area (Å²) in [6.45, 7) is 8.50. The second-order valence-corrected chi connectivity index (χ2v) is 6.69. The third kappa shape index (κ3) is 4.82. The Labute approximate surface area is 133 Å². The number of nitrogens with one attached hydrogen (secondary N) is 1. The average Bonchev–Trinajstić information content (AvgIpc) is 3.26. The Kier molecular flexibility index (Phi) is 5.82. The molecule has 1 aliphatic rings. The van der Waals surface area contributed by atoms with Crippen molar-refractivity contribution in [3.8, 4) is 0 Å². The van der Waals surface area contributed by atoms with E-state index >= 15 is 0 Å². The molecule has 0 spiro atoms. The molecule has 0 aliphatic heterocycles. The van der Waals surface area contributed by atoms with E-state index in [4.69, 9.17) is 11.6 Å². The molecular formula is C16H27ClN4. The molecule has 1 saturated carbocycles. The smallest absolute Gasteiger partial charge is 0.137 e. The van der Waals surface area contributed by atoms with E-state index in [9.17, 15) is 0 Å². The Balaban J connectivity index is 1.80. The molecule has 4 nitrogen and oxygen atoms in total. The molecule has 0 radical (unpaired) electrons. The first-order chi connectivity index (χ1) is 9.99. The van der Waals surface area contributed by atoms with Gasteiger partial charge in [0.05, 0.1) is 0 Å². The SMILES string of the molecule is Cc1c(Cl)nc(C2CC2)nc1NCCCCN(C)C(C)C. The van der Waals surface area contributed by atoms with E-state index in [1.807, 2.05) is 6.92 Å². The summed E-state index contributed by atoms with van der Waals surface area (Å²) in [6.07, 6.45) is 4.71. The molecule has 2 rings (SSSR count). The molecule has 0 unspecified atom stereocenters. The molecule has 1 aromatic rings. The van der Waals surface area contributed by atoms with Crippen molar-refractivity contribution in [1.82, 2.24) is 14.9 Å². The molecule has 0 aromatic carbocycles. The normalized spacial score (nSPS) is 15.0. The van der Waals surface area contributed by atoms with E-state index in [1.54, 1.807) is 0 Å². The van der Waals surface area contributed by atoms with Crippen LogP contribution in [-0.4, -0.2) is 41.0 Å². The van der Waals surface area contributed by atoms with Crippen LogP contribution in [0.2, 0.25) is 5.15 Å². The molecule has 1 N–H and O–H groups in total. The van der Waals surface area contributed by atoms with E-state index < -0.39 is 0 Å². The summed E-state index contributed by atoms with van der Waals surface area (Å²) in [5, 5.41) is 4.02. The molecule has 0 atom stereocenters. The van der Waals surface area contributed by atoms with Gasteiger partial charge in [-0.3, -0.25) is 0 Å². The molecule has 0 bridgehead atoms. The molecule has 1 fully saturated rings. The summed E-state index contributed by atoms with van der Waals surface area (Å²) >= 11 is 6.21. The van der Waals surface area contributed by atoms with Crippen LogP contribution in [0.5, 0.6) is 0 Å². The van der Waals surface area contributed by atoms with Gasteiger partial charge in [0.15, 0.2) is 0 Å². The Morgan fingerprint density at radius 1 is 1.29 bits per heavy atom. The van der Waals surface area contributed by atoms with Crippen LogP contribution in [0.25, 0.3) is 0 Å². The minimum absolute atomic E-state index is 0.531. The van der Waals surface area contributed by atoms with Gasteiger partial charge in [-0.2, -0.15) is 0 Å². The minimum Gasteiger partial charge on any atom is -0.370 e. The molecule has 0 amide bonds. The predicted octanol–water partition coefficient (Wildman–Crippen LogP) is 3.85. The standard InChI is InChI=1S/C16H27ClN4/c1-11(2)21(4)10-6-5-9-18-15-12(3)14(17)19-16(20-15)13-7-8-13/h11,13H,5-10H2,1-4H3,(H,18,19,20). The van der Waals surface area contributed by atoms with Crippen molar-refractivity contribution in [2.45, 2.75) is 58.4 Å². The van der Waals surface area contributed by atoms with Gasteiger partial charge in [-0.25, -0.2) is 9.97 Å². The maximum atomic E-state index is 6.21. The van der Waals surface area contributed by atoms with Crippen LogP contribution in [0.3, 0.4) is 0 Å². The third-order valence-electron chi connectivity index (χ3n) is 4.16. The van der Waals surface area contributed by atoms with E-state index in [0.717, 1.165) is 36.7 Å². The largest absolute Gasteiger partial charge is 0.370 e. The minimum atomic E-state index is 0.531. The van der Waals surface area contributed by atoms with Gasteiger partial charge in [-0.15, -0.1) is 0 Å². The first-order valence-electron chi connectivity index (χ1n) is 7.97. The number of unbranched alkanes of at least 4 members (excludes halogenated alkanes) is 1. The van der Waals surface area contributed by atoms with Crippen LogP contribution in [0.1, 0.15) is 56.8 Å². The van der Waals surface area contributed by atoms with Gasteiger partial charge in [0.1, 0.15) is 16.8 Å². The second-order valence-electron chi connectivity index (χ2n) is 6.33. The zero-order chi connectivity index (χ0) is 15.4. The molecule has 0 saturated heterocycles. The Morgan fingerprint density at radius 3 is 2.62 bits per heavy atom. The lowest BCUT2D eigenvalue weighted by Gasteiger charge is -2.20. The fraction of sp³-hybridized carbons (Fsp3) is 0.750.